The lowest BCUT2D eigenvalue weighted by Gasteiger charge is -2.40. The summed E-state index contributed by atoms with van der Waals surface area (Å²) in [5.41, 5.74) is 0.524. The van der Waals surface area contributed by atoms with Crippen LogP contribution in [0.2, 0.25) is 5.02 Å². The predicted octanol–water partition coefficient (Wildman–Crippen LogP) is 1.36. The number of nitrogens with one attached hydrogen (secondary N) is 2. The molecule has 1 spiro atoms. The SMILES string of the molecule is O=C1NCN(c2ccccc2Cl)C12CCNCC2. The average molecular weight is 266 g/mol. The van der Waals surface area contributed by atoms with E-state index in [0.29, 0.717) is 11.7 Å². The first-order valence-corrected chi connectivity index (χ1v) is 6.63. The first-order valence-electron chi connectivity index (χ1n) is 6.25. The Morgan fingerprint density at radius 1 is 1.22 bits per heavy atom. The van der Waals surface area contributed by atoms with E-state index in [1.807, 2.05) is 24.3 Å². The molecule has 0 unspecified atom stereocenters. The number of para-hydroxylation sites is 1. The third-order valence-corrected chi connectivity index (χ3v) is 4.23. The summed E-state index contributed by atoms with van der Waals surface area (Å²) in [5.74, 6) is 0.129. The number of hydrogen-bond acceptors (Lipinski definition) is 3. The van der Waals surface area contributed by atoms with Gasteiger partial charge in [0.15, 0.2) is 0 Å². The van der Waals surface area contributed by atoms with Crippen molar-refractivity contribution in [2.75, 3.05) is 24.7 Å². The van der Waals surface area contributed by atoms with Crippen molar-refractivity contribution in [3.63, 3.8) is 0 Å². The lowest BCUT2D eigenvalue weighted by atomic mass is 9.86. The average Bonchev–Trinajstić information content (AvgIpc) is 2.69. The number of halogens is 1. The highest BCUT2D eigenvalue weighted by Crippen LogP contribution is 2.37. The number of rotatable bonds is 1. The van der Waals surface area contributed by atoms with Crippen molar-refractivity contribution >= 4 is 23.2 Å². The minimum atomic E-state index is -0.420. The summed E-state index contributed by atoms with van der Waals surface area (Å²) in [4.78, 5) is 14.3. The lowest BCUT2D eigenvalue weighted by molar-refractivity contribution is -0.124. The quantitative estimate of drug-likeness (QED) is 0.806. The van der Waals surface area contributed by atoms with Crippen LogP contribution in [0.4, 0.5) is 5.69 Å². The topological polar surface area (TPSA) is 44.4 Å². The summed E-state index contributed by atoms with van der Waals surface area (Å²) in [6, 6.07) is 7.71. The second kappa shape index (κ2) is 4.44. The van der Waals surface area contributed by atoms with E-state index in [1.165, 1.54) is 0 Å². The Morgan fingerprint density at radius 2 is 1.94 bits per heavy atom. The number of carbonyl (C=O) groups excluding carboxylic acids is 1. The molecule has 0 atom stereocenters. The molecule has 1 aromatic rings. The summed E-state index contributed by atoms with van der Waals surface area (Å²) in [5, 5.41) is 6.96. The van der Waals surface area contributed by atoms with Crippen molar-refractivity contribution in [2.24, 2.45) is 0 Å². The summed E-state index contributed by atoms with van der Waals surface area (Å²) < 4.78 is 0. The molecule has 18 heavy (non-hydrogen) atoms. The number of carbonyl (C=O) groups is 1. The molecule has 2 N–H and O–H groups in total. The van der Waals surface area contributed by atoms with Crippen molar-refractivity contribution in [1.29, 1.82) is 0 Å². The smallest absolute Gasteiger partial charge is 0.247 e. The molecule has 1 aromatic carbocycles. The summed E-state index contributed by atoms with van der Waals surface area (Å²) in [7, 11) is 0. The molecule has 3 rings (SSSR count). The van der Waals surface area contributed by atoms with Gasteiger partial charge in [-0.2, -0.15) is 0 Å². The van der Waals surface area contributed by atoms with Gasteiger partial charge in [0, 0.05) is 0 Å². The van der Waals surface area contributed by atoms with E-state index in [2.05, 4.69) is 15.5 Å². The van der Waals surface area contributed by atoms with Crippen LogP contribution in [0.25, 0.3) is 0 Å². The molecule has 2 saturated heterocycles. The first-order chi connectivity index (χ1) is 8.74. The van der Waals surface area contributed by atoms with Crippen LogP contribution in [-0.2, 0) is 4.79 Å². The van der Waals surface area contributed by atoms with Crippen LogP contribution < -0.4 is 15.5 Å². The first kappa shape index (κ1) is 11.8. The van der Waals surface area contributed by atoms with Crippen LogP contribution in [0.15, 0.2) is 24.3 Å². The molecule has 2 fully saturated rings. The molecule has 2 heterocycles. The molecule has 0 radical (unpaired) electrons. The summed E-state index contributed by atoms with van der Waals surface area (Å²) >= 11 is 6.26. The fourth-order valence-corrected chi connectivity index (χ4v) is 3.15. The second-order valence-corrected chi connectivity index (χ2v) is 5.23. The van der Waals surface area contributed by atoms with Gasteiger partial charge in [0.05, 0.1) is 17.4 Å². The molecule has 4 nitrogen and oxygen atoms in total. The van der Waals surface area contributed by atoms with Crippen LogP contribution in [-0.4, -0.2) is 31.2 Å². The van der Waals surface area contributed by atoms with Gasteiger partial charge in [0.25, 0.3) is 0 Å². The van der Waals surface area contributed by atoms with Gasteiger partial charge in [0.2, 0.25) is 5.91 Å². The van der Waals surface area contributed by atoms with Crippen LogP contribution in [0.1, 0.15) is 12.8 Å². The monoisotopic (exact) mass is 265 g/mol. The van der Waals surface area contributed by atoms with E-state index in [0.717, 1.165) is 31.6 Å². The Morgan fingerprint density at radius 3 is 2.67 bits per heavy atom. The van der Waals surface area contributed by atoms with Gasteiger partial charge >= 0.3 is 0 Å². The zero-order valence-corrected chi connectivity index (χ0v) is 10.8. The molecule has 2 aliphatic rings. The molecule has 0 bridgehead atoms. The molecule has 1 amide bonds. The number of piperidine rings is 1. The van der Waals surface area contributed by atoms with Crippen molar-refractivity contribution in [1.82, 2.24) is 10.6 Å². The number of nitrogens with zero attached hydrogens (tertiary/aromatic N) is 1. The highest BCUT2D eigenvalue weighted by Gasteiger charge is 2.49. The Kier molecular flexibility index (Phi) is 2.92. The van der Waals surface area contributed by atoms with Crippen LogP contribution >= 0.6 is 11.6 Å². The van der Waals surface area contributed by atoms with Crippen molar-refractivity contribution < 1.29 is 4.79 Å². The molecular formula is C13H16ClN3O. The van der Waals surface area contributed by atoms with Gasteiger partial charge in [-0.25, -0.2) is 0 Å². The Labute approximate surface area is 111 Å². The highest BCUT2D eigenvalue weighted by molar-refractivity contribution is 6.33. The van der Waals surface area contributed by atoms with E-state index in [9.17, 15) is 4.79 Å². The van der Waals surface area contributed by atoms with E-state index >= 15 is 0 Å². The number of amides is 1. The maximum absolute atomic E-state index is 12.2. The van der Waals surface area contributed by atoms with Crippen molar-refractivity contribution in [2.45, 2.75) is 18.4 Å². The van der Waals surface area contributed by atoms with Crippen LogP contribution in [0.3, 0.4) is 0 Å². The van der Waals surface area contributed by atoms with E-state index in [4.69, 9.17) is 11.6 Å². The molecule has 0 saturated carbocycles. The van der Waals surface area contributed by atoms with E-state index in [1.54, 1.807) is 0 Å². The number of anilines is 1. The van der Waals surface area contributed by atoms with Crippen LogP contribution in [0, 0.1) is 0 Å². The number of benzene rings is 1. The summed E-state index contributed by atoms with van der Waals surface area (Å²) in [6.45, 7) is 2.28. The fourth-order valence-electron chi connectivity index (χ4n) is 2.91. The second-order valence-electron chi connectivity index (χ2n) is 4.83. The molecule has 96 valence electrons. The fraction of sp³-hybridized carbons (Fsp3) is 0.462. The van der Waals surface area contributed by atoms with E-state index < -0.39 is 5.54 Å². The minimum Gasteiger partial charge on any atom is -0.338 e. The Hall–Kier alpha value is -1.26. The standard InChI is InChI=1S/C13H16ClN3O/c14-10-3-1-2-4-11(10)17-9-16-12(18)13(17)5-7-15-8-6-13/h1-4,15H,5-9H2,(H,16,18). The Bertz CT molecular complexity index is 471. The maximum atomic E-state index is 12.2. The summed E-state index contributed by atoms with van der Waals surface area (Å²) in [6.07, 6.45) is 1.65. The molecule has 0 aromatic heterocycles. The largest absolute Gasteiger partial charge is 0.338 e. The zero-order valence-electron chi connectivity index (χ0n) is 10.1. The molecule has 5 heteroatoms. The van der Waals surface area contributed by atoms with Crippen LogP contribution in [0.5, 0.6) is 0 Å². The predicted molar refractivity (Wildman–Crippen MR) is 71.8 cm³/mol. The highest BCUT2D eigenvalue weighted by atomic mass is 35.5. The third kappa shape index (κ3) is 1.68. The van der Waals surface area contributed by atoms with E-state index in [-0.39, 0.29) is 5.91 Å². The minimum absolute atomic E-state index is 0.129. The molecular weight excluding hydrogens is 250 g/mol. The normalized spacial score (nSPS) is 22.3. The van der Waals surface area contributed by atoms with Gasteiger partial charge in [-0.3, -0.25) is 4.79 Å². The molecule has 2 aliphatic heterocycles. The van der Waals surface area contributed by atoms with Crippen molar-refractivity contribution in [3.8, 4) is 0 Å². The van der Waals surface area contributed by atoms with Gasteiger partial charge in [0.1, 0.15) is 5.54 Å². The maximum Gasteiger partial charge on any atom is 0.247 e. The van der Waals surface area contributed by atoms with Gasteiger partial charge in [-0.05, 0) is 38.1 Å². The van der Waals surface area contributed by atoms with Gasteiger partial charge in [-0.1, -0.05) is 23.7 Å². The van der Waals surface area contributed by atoms with Gasteiger partial charge in [-0.15, -0.1) is 0 Å². The molecule has 0 aliphatic carbocycles. The lowest BCUT2D eigenvalue weighted by Crippen LogP contribution is -2.55. The third-order valence-electron chi connectivity index (χ3n) is 3.91. The number of hydrogen-bond donors (Lipinski definition) is 2. The Balaban J connectivity index is 2.01. The zero-order chi connectivity index (χ0) is 12.6. The van der Waals surface area contributed by atoms with Gasteiger partial charge < -0.3 is 15.5 Å². The van der Waals surface area contributed by atoms with Crippen molar-refractivity contribution in [3.05, 3.63) is 29.3 Å².